The summed E-state index contributed by atoms with van der Waals surface area (Å²) in [5, 5.41) is 9.32. The predicted octanol–water partition coefficient (Wildman–Crippen LogP) is 3.31. The minimum absolute atomic E-state index is 0.0631. The van der Waals surface area contributed by atoms with Crippen molar-refractivity contribution in [1.29, 1.82) is 0 Å². The zero-order chi connectivity index (χ0) is 16.2. The molecule has 0 amide bonds. The lowest BCUT2D eigenvalue weighted by Crippen LogP contribution is -2.47. The first-order chi connectivity index (χ1) is 11.0. The van der Waals surface area contributed by atoms with E-state index in [0.717, 1.165) is 50.4 Å². The van der Waals surface area contributed by atoms with Crippen molar-refractivity contribution in [2.75, 3.05) is 6.61 Å². The number of carbonyl (C=O) groups is 2. The molecule has 0 heterocycles. The number of ketones is 2. The highest BCUT2D eigenvalue weighted by Gasteiger charge is 2.57. The fraction of sp³-hybridized carbons (Fsp3) is 0.800. The number of hydrogen-bond donors (Lipinski definition) is 1. The van der Waals surface area contributed by atoms with E-state index in [1.165, 1.54) is 18.4 Å². The van der Waals surface area contributed by atoms with Gasteiger partial charge in [0.25, 0.3) is 0 Å². The molecule has 1 N–H and O–H groups in total. The van der Waals surface area contributed by atoms with E-state index < -0.39 is 0 Å². The minimum atomic E-state index is -0.293. The second kappa shape index (κ2) is 5.54. The Morgan fingerprint density at radius 3 is 2.78 bits per heavy atom. The van der Waals surface area contributed by atoms with Crippen molar-refractivity contribution in [2.24, 2.45) is 35.0 Å². The number of rotatable bonds is 2. The van der Waals surface area contributed by atoms with Crippen molar-refractivity contribution in [3.05, 3.63) is 11.6 Å². The maximum atomic E-state index is 12.2. The van der Waals surface area contributed by atoms with Crippen LogP contribution in [0, 0.1) is 35.0 Å². The minimum Gasteiger partial charge on any atom is -0.389 e. The van der Waals surface area contributed by atoms with E-state index in [4.69, 9.17) is 0 Å². The first kappa shape index (κ1) is 15.6. The summed E-state index contributed by atoms with van der Waals surface area (Å²) in [5.41, 5.74) is 1.53. The standard InChI is InChI=1S/C20H28O3/c1-20-9-8-15-14-5-3-13(22)10-12(14)2-4-16(15)17(20)6-7-18(20)19(23)11-21/h10,14-18,21H,2-9,11H2,1H3/t14?,15-,16-,17+,18-,20+/m1/s1. The van der Waals surface area contributed by atoms with Crippen molar-refractivity contribution in [1.82, 2.24) is 0 Å². The zero-order valence-electron chi connectivity index (χ0n) is 14.1. The Morgan fingerprint density at radius 1 is 1.17 bits per heavy atom. The van der Waals surface area contributed by atoms with E-state index in [0.29, 0.717) is 17.6 Å². The maximum absolute atomic E-state index is 12.2. The number of aliphatic hydroxyl groups excluding tert-OH is 1. The van der Waals surface area contributed by atoms with Gasteiger partial charge < -0.3 is 5.11 Å². The van der Waals surface area contributed by atoms with E-state index >= 15 is 0 Å². The summed E-state index contributed by atoms with van der Waals surface area (Å²) in [7, 11) is 0. The third-order valence-corrected chi connectivity index (χ3v) is 7.84. The molecule has 4 aliphatic carbocycles. The van der Waals surface area contributed by atoms with Gasteiger partial charge in [-0.05, 0) is 80.1 Å². The summed E-state index contributed by atoms with van der Waals surface area (Å²) in [6.45, 7) is 2.02. The van der Waals surface area contributed by atoms with Gasteiger partial charge in [0.1, 0.15) is 6.61 Å². The molecule has 1 unspecified atom stereocenters. The van der Waals surface area contributed by atoms with E-state index in [9.17, 15) is 14.7 Å². The first-order valence-electron chi connectivity index (χ1n) is 9.41. The summed E-state index contributed by atoms with van der Waals surface area (Å²) >= 11 is 0. The fourth-order valence-electron chi connectivity index (χ4n) is 6.82. The topological polar surface area (TPSA) is 54.4 Å². The zero-order valence-corrected chi connectivity index (χ0v) is 14.1. The largest absolute Gasteiger partial charge is 0.389 e. The van der Waals surface area contributed by atoms with Gasteiger partial charge in [0.2, 0.25) is 0 Å². The molecule has 0 spiro atoms. The van der Waals surface area contributed by atoms with Crippen LogP contribution in [0.15, 0.2) is 11.6 Å². The quantitative estimate of drug-likeness (QED) is 0.850. The number of carbonyl (C=O) groups excluding carboxylic acids is 2. The van der Waals surface area contributed by atoms with Gasteiger partial charge in [0.15, 0.2) is 11.6 Å². The van der Waals surface area contributed by atoms with Crippen LogP contribution >= 0.6 is 0 Å². The molecule has 0 bridgehead atoms. The Morgan fingerprint density at radius 2 is 2.00 bits per heavy atom. The smallest absolute Gasteiger partial charge is 0.161 e. The normalized spacial score (nSPS) is 45.7. The Bertz CT molecular complexity index is 563. The lowest BCUT2D eigenvalue weighted by molar-refractivity contribution is -0.132. The van der Waals surface area contributed by atoms with Crippen LogP contribution in [-0.2, 0) is 9.59 Å². The fourth-order valence-corrected chi connectivity index (χ4v) is 6.82. The maximum Gasteiger partial charge on any atom is 0.161 e. The van der Waals surface area contributed by atoms with Gasteiger partial charge in [-0.15, -0.1) is 0 Å². The lowest BCUT2D eigenvalue weighted by atomic mass is 9.51. The predicted molar refractivity (Wildman–Crippen MR) is 87.7 cm³/mol. The second-order valence-electron chi connectivity index (χ2n) is 8.60. The highest BCUT2D eigenvalue weighted by atomic mass is 16.3. The number of hydrogen-bond acceptors (Lipinski definition) is 3. The van der Waals surface area contributed by atoms with Crippen LogP contribution in [-0.4, -0.2) is 23.3 Å². The Labute approximate surface area is 138 Å². The van der Waals surface area contributed by atoms with Crippen molar-refractivity contribution in [3.8, 4) is 0 Å². The molecule has 3 saturated carbocycles. The van der Waals surface area contributed by atoms with Gasteiger partial charge in [-0.3, -0.25) is 9.59 Å². The first-order valence-corrected chi connectivity index (χ1v) is 9.41. The van der Waals surface area contributed by atoms with Gasteiger partial charge >= 0.3 is 0 Å². The van der Waals surface area contributed by atoms with Gasteiger partial charge in [0.05, 0.1) is 0 Å². The Hall–Kier alpha value is -0.960. The SMILES string of the molecule is C[C@]12CC[C@@H]3C4CCC(=O)C=C4CC[C@H]3[C@@H]1CC[C@@H]2C(=O)CO. The van der Waals surface area contributed by atoms with Crippen molar-refractivity contribution < 1.29 is 14.7 Å². The van der Waals surface area contributed by atoms with E-state index in [1.54, 1.807) is 0 Å². The summed E-state index contributed by atoms with van der Waals surface area (Å²) < 4.78 is 0. The molecule has 4 aliphatic rings. The molecule has 0 aliphatic heterocycles. The molecule has 0 aromatic carbocycles. The molecular weight excluding hydrogens is 288 g/mol. The van der Waals surface area contributed by atoms with Gasteiger partial charge in [-0.2, -0.15) is 0 Å². The van der Waals surface area contributed by atoms with Gasteiger partial charge in [-0.25, -0.2) is 0 Å². The molecule has 3 nitrogen and oxygen atoms in total. The number of fused-ring (bicyclic) bond motifs is 5. The van der Waals surface area contributed by atoms with E-state index in [-0.39, 0.29) is 23.7 Å². The summed E-state index contributed by atoms with van der Waals surface area (Å²) in [5.74, 6) is 3.18. The molecule has 6 atom stereocenters. The van der Waals surface area contributed by atoms with Crippen LogP contribution in [0.2, 0.25) is 0 Å². The molecule has 3 heteroatoms. The Kier molecular flexibility index (Phi) is 3.75. The molecular formula is C20H28O3. The molecule has 126 valence electrons. The van der Waals surface area contributed by atoms with Gasteiger partial charge in [-0.1, -0.05) is 12.5 Å². The van der Waals surface area contributed by atoms with Crippen LogP contribution in [0.5, 0.6) is 0 Å². The molecule has 0 saturated heterocycles. The molecule has 23 heavy (non-hydrogen) atoms. The summed E-state index contributed by atoms with van der Waals surface area (Å²) in [4.78, 5) is 23.9. The molecule has 0 aromatic heterocycles. The average Bonchev–Trinajstić information content (AvgIpc) is 2.90. The third-order valence-electron chi connectivity index (χ3n) is 7.84. The third kappa shape index (κ3) is 2.26. The van der Waals surface area contributed by atoms with Gasteiger partial charge in [0, 0.05) is 12.3 Å². The van der Waals surface area contributed by atoms with Crippen LogP contribution in [0.1, 0.15) is 58.3 Å². The van der Waals surface area contributed by atoms with Crippen molar-refractivity contribution >= 4 is 11.6 Å². The Balaban J connectivity index is 1.60. The van der Waals surface area contributed by atoms with E-state index in [2.05, 4.69) is 6.92 Å². The second-order valence-corrected chi connectivity index (χ2v) is 8.60. The summed E-state index contributed by atoms with van der Waals surface area (Å²) in [6, 6.07) is 0. The number of aliphatic hydroxyl groups is 1. The number of Topliss-reactive ketones (excluding diaryl/α,β-unsaturated/α-hetero) is 1. The van der Waals surface area contributed by atoms with Crippen LogP contribution in [0.25, 0.3) is 0 Å². The van der Waals surface area contributed by atoms with Crippen LogP contribution in [0.4, 0.5) is 0 Å². The highest BCUT2D eigenvalue weighted by Crippen LogP contribution is 2.63. The molecule has 0 aromatic rings. The highest BCUT2D eigenvalue weighted by molar-refractivity contribution is 5.91. The molecule has 3 fully saturated rings. The van der Waals surface area contributed by atoms with Crippen LogP contribution in [0.3, 0.4) is 0 Å². The average molecular weight is 316 g/mol. The van der Waals surface area contributed by atoms with Crippen LogP contribution < -0.4 is 0 Å². The molecule has 0 radical (unpaired) electrons. The van der Waals surface area contributed by atoms with E-state index in [1.807, 2.05) is 6.08 Å². The number of allylic oxidation sites excluding steroid dienone is 1. The molecule has 4 rings (SSSR count). The monoisotopic (exact) mass is 316 g/mol. The summed E-state index contributed by atoms with van der Waals surface area (Å²) in [6.07, 6.45) is 10.4. The van der Waals surface area contributed by atoms with Crippen molar-refractivity contribution in [3.63, 3.8) is 0 Å². The lowest BCUT2D eigenvalue weighted by Gasteiger charge is -2.53. The van der Waals surface area contributed by atoms with Crippen molar-refractivity contribution in [2.45, 2.75) is 58.3 Å².